The number of alkyl halides is 2. The number of nitrogens with one attached hydrogen (secondary N) is 1. The molecule has 2 aromatic rings. The van der Waals surface area contributed by atoms with Crippen molar-refractivity contribution in [2.24, 2.45) is 5.92 Å². The van der Waals surface area contributed by atoms with Crippen LogP contribution in [0.3, 0.4) is 0 Å². The fourth-order valence-corrected chi connectivity index (χ4v) is 3.05. The SMILES string of the molecule is CC(F)(F)c1ncc(C(=O)N[C@@H](/C=C(\F)S(C)(=O)=O)C2CC2)c(Oc2ccccc2)n1. The van der Waals surface area contributed by atoms with Gasteiger partial charge in [0, 0.05) is 19.4 Å². The van der Waals surface area contributed by atoms with Crippen molar-refractivity contribution in [2.75, 3.05) is 6.26 Å². The first-order chi connectivity index (χ1) is 14.4. The lowest BCUT2D eigenvalue weighted by Crippen LogP contribution is -2.36. The predicted octanol–water partition coefficient (Wildman–Crippen LogP) is 3.74. The van der Waals surface area contributed by atoms with E-state index in [-0.39, 0.29) is 17.2 Å². The van der Waals surface area contributed by atoms with Gasteiger partial charge in [0.2, 0.25) is 26.7 Å². The highest BCUT2D eigenvalue weighted by Crippen LogP contribution is 2.35. The van der Waals surface area contributed by atoms with Gasteiger partial charge < -0.3 is 10.1 Å². The Morgan fingerprint density at radius 1 is 1.29 bits per heavy atom. The van der Waals surface area contributed by atoms with Gasteiger partial charge in [0.05, 0.1) is 6.04 Å². The van der Waals surface area contributed by atoms with E-state index in [1.165, 1.54) is 0 Å². The Bertz CT molecular complexity index is 1100. The van der Waals surface area contributed by atoms with Gasteiger partial charge in [-0.25, -0.2) is 13.4 Å². The molecule has 0 radical (unpaired) electrons. The lowest BCUT2D eigenvalue weighted by atomic mass is 10.1. The Hall–Kier alpha value is -2.95. The van der Waals surface area contributed by atoms with Gasteiger partial charge in [0.15, 0.2) is 0 Å². The van der Waals surface area contributed by atoms with Crippen LogP contribution in [0.2, 0.25) is 0 Å². The van der Waals surface area contributed by atoms with E-state index in [0.717, 1.165) is 12.3 Å². The fourth-order valence-electron chi connectivity index (χ4n) is 2.66. The Morgan fingerprint density at radius 3 is 2.48 bits per heavy atom. The van der Waals surface area contributed by atoms with Crippen LogP contribution in [-0.4, -0.2) is 36.6 Å². The second-order valence-corrected chi connectivity index (χ2v) is 9.23. The van der Waals surface area contributed by atoms with E-state index in [4.69, 9.17) is 4.74 Å². The first kappa shape index (κ1) is 22.7. The second-order valence-electron chi connectivity index (χ2n) is 7.30. The molecule has 1 heterocycles. The second kappa shape index (κ2) is 8.66. The number of benzene rings is 1. The van der Waals surface area contributed by atoms with E-state index in [0.29, 0.717) is 26.0 Å². The smallest absolute Gasteiger partial charge is 0.303 e. The van der Waals surface area contributed by atoms with Gasteiger partial charge in [-0.1, -0.05) is 18.2 Å². The summed E-state index contributed by atoms with van der Waals surface area (Å²) in [5.74, 6) is -5.32. The first-order valence-corrected chi connectivity index (χ1v) is 11.2. The predicted molar refractivity (Wildman–Crippen MR) is 106 cm³/mol. The number of carbonyl (C=O) groups is 1. The number of halogens is 3. The average molecular weight is 455 g/mol. The number of hydrogen-bond acceptors (Lipinski definition) is 6. The maximum Gasteiger partial charge on any atom is 0.303 e. The standard InChI is InChI=1S/C20H20F3N3O4S/c1-20(22,23)19-24-11-14(18(26-19)30-13-6-4-3-5-7-13)17(27)25-15(12-8-9-12)10-16(21)31(2,28)29/h3-7,10-12,15H,8-9H2,1-2H3,(H,25,27)/b16-10+/t15-/m0/s1. The molecule has 1 fully saturated rings. The Balaban J connectivity index is 1.93. The number of rotatable bonds is 8. The number of nitrogens with zero attached hydrogens (tertiary/aromatic N) is 2. The minimum absolute atomic E-state index is 0.143. The molecular weight excluding hydrogens is 435 g/mol. The van der Waals surface area contributed by atoms with Gasteiger partial charge in [0.25, 0.3) is 5.91 Å². The van der Waals surface area contributed by atoms with E-state index < -0.39 is 44.6 Å². The normalized spacial score (nSPS) is 16.0. The van der Waals surface area contributed by atoms with Crippen LogP contribution in [0.15, 0.2) is 47.8 Å². The van der Waals surface area contributed by atoms with E-state index >= 15 is 0 Å². The number of amides is 1. The van der Waals surface area contributed by atoms with Crippen LogP contribution in [0.5, 0.6) is 11.6 Å². The lowest BCUT2D eigenvalue weighted by Gasteiger charge is -2.17. The van der Waals surface area contributed by atoms with Crippen molar-refractivity contribution in [3.63, 3.8) is 0 Å². The molecule has 1 aromatic carbocycles. The minimum Gasteiger partial charge on any atom is -0.438 e. The van der Waals surface area contributed by atoms with E-state index in [1.54, 1.807) is 30.3 Å². The summed E-state index contributed by atoms with van der Waals surface area (Å²) in [6.45, 7) is 0.607. The molecule has 1 saturated carbocycles. The maximum absolute atomic E-state index is 13.9. The molecule has 166 valence electrons. The molecule has 1 amide bonds. The van der Waals surface area contributed by atoms with Crippen molar-refractivity contribution in [3.8, 4) is 11.6 Å². The number of hydrogen-bond donors (Lipinski definition) is 1. The summed E-state index contributed by atoms with van der Waals surface area (Å²) in [5.41, 5.74) is -0.254. The molecular formula is C20H20F3N3O4S. The third-order valence-electron chi connectivity index (χ3n) is 4.44. The Labute approximate surface area is 177 Å². The van der Waals surface area contributed by atoms with E-state index in [1.807, 2.05) is 0 Å². The Kier molecular flexibility index (Phi) is 6.35. The summed E-state index contributed by atoms with van der Waals surface area (Å²) >= 11 is 0. The zero-order chi connectivity index (χ0) is 22.8. The molecule has 0 unspecified atom stereocenters. The van der Waals surface area contributed by atoms with Crippen LogP contribution in [0.25, 0.3) is 0 Å². The topological polar surface area (TPSA) is 98.2 Å². The molecule has 0 saturated heterocycles. The molecule has 0 bridgehead atoms. The summed E-state index contributed by atoms with van der Waals surface area (Å²) in [6.07, 6.45) is 3.78. The summed E-state index contributed by atoms with van der Waals surface area (Å²) in [6, 6.07) is 7.20. The highest BCUT2D eigenvalue weighted by Gasteiger charge is 2.34. The largest absolute Gasteiger partial charge is 0.438 e. The molecule has 1 aliphatic rings. The van der Waals surface area contributed by atoms with Gasteiger partial charge in [0.1, 0.15) is 11.3 Å². The average Bonchev–Trinajstić information content (AvgIpc) is 3.52. The molecule has 0 aliphatic heterocycles. The first-order valence-electron chi connectivity index (χ1n) is 9.31. The summed E-state index contributed by atoms with van der Waals surface area (Å²) in [7, 11) is -4.06. The number of carbonyl (C=O) groups excluding carboxylic acids is 1. The van der Waals surface area contributed by atoms with Crippen LogP contribution >= 0.6 is 0 Å². The zero-order valence-corrected chi connectivity index (χ0v) is 17.5. The van der Waals surface area contributed by atoms with Crippen LogP contribution in [-0.2, 0) is 15.8 Å². The third-order valence-corrected chi connectivity index (χ3v) is 5.29. The molecule has 11 heteroatoms. The van der Waals surface area contributed by atoms with Gasteiger partial charge in [-0.05, 0) is 37.0 Å². The third kappa shape index (κ3) is 6.03. The lowest BCUT2D eigenvalue weighted by molar-refractivity contribution is 0.00707. The number of sulfone groups is 1. The fraction of sp³-hybridized carbons (Fsp3) is 0.350. The summed E-state index contributed by atoms with van der Waals surface area (Å²) in [5, 5.41) is 1.16. The molecule has 7 nitrogen and oxygen atoms in total. The van der Waals surface area contributed by atoms with Crippen molar-refractivity contribution >= 4 is 15.7 Å². The molecule has 1 aromatic heterocycles. The van der Waals surface area contributed by atoms with Crippen molar-refractivity contribution in [3.05, 3.63) is 59.2 Å². The van der Waals surface area contributed by atoms with Crippen molar-refractivity contribution in [1.82, 2.24) is 15.3 Å². The van der Waals surface area contributed by atoms with Gasteiger partial charge >= 0.3 is 5.92 Å². The number of para-hydroxylation sites is 1. The van der Waals surface area contributed by atoms with Crippen molar-refractivity contribution < 1.29 is 31.1 Å². The van der Waals surface area contributed by atoms with Crippen molar-refractivity contribution in [2.45, 2.75) is 31.7 Å². The van der Waals surface area contributed by atoms with Gasteiger partial charge in [-0.2, -0.15) is 18.2 Å². The van der Waals surface area contributed by atoms with Gasteiger partial charge in [-0.3, -0.25) is 4.79 Å². The molecule has 1 aliphatic carbocycles. The maximum atomic E-state index is 13.9. The van der Waals surface area contributed by atoms with Crippen LogP contribution in [0.4, 0.5) is 13.2 Å². The van der Waals surface area contributed by atoms with Crippen LogP contribution in [0, 0.1) is 5.92 Å². The molecule has 1 N–H and O–H groups in total. The highest BCUT2D eigenvalue weighted by atomic mass is 32.2. The molecule has 3 rings (SSSR count). The van der Waals surface area contributed by atoms with E-state index in [2.05, 4.69) is 15.3 Å². The van der Waals surface area contributed by atoms with E-state index in [9.17, 15) is 26.4 Å². The molecule has 31 heavy (non-hydrogen) atoms. The monoisotopic (exact) mass is 455 g/mol. The molecule has 0 spiro atoms. The summed E-state index contributed by atoms with van der Waals surface area (Å²) in [4.78, 5) is 20.1. The van der Waals surface area contributed by atoms with Gasteiger partial charge in [-0.15, -0.1) is 0 Å². The summed E-state index contributed by atoms with van der Waals surface area (Å²) < 4.78 is 69.6. The van der Waals surface area contributed by atoms with Crippen LogP contribution in [0.1, 0.15) is 35.9 Å². The highest BCUT2D eigenvalue weighted by molar-refractivity contribution is 7.94. The van der Waals surface area contributed by atoms with Crippen molar-refractivity contribution in [1.29, 1.82) is 0 Å². The minimum atomic E-state index is -4.06. The number of aromatic nitrogens is 2. The van der Waals surface area contributed by atoms with Crippen LogP contribution < -0.4 is 10.1 Å². The molecule has 1 atom stereocenters. The quantitative estimate of drug-likeness (QED) is 0.651. The number of ether oxygens (including phenoxy) is 1. The Morgan fingerprint density at radius 2 is 1.94 bits per heavy atom. The zero-order valence-electron chi connectivity index (χ0n) is 16.7.